The second-order valence-corrected chi connectivity index (χ2v) is 28.1. The van der Waals surface area contributed by atoms with Crippen LogP contribution in [0.5, 0.6) is 0 Å². The number of ether oxygens (including phenoxy) is 4. The van der Waals surface area contributed by atoms with Gasteiger partial charge in [0.05, 0.1) is 26.4 Å². The van der Waals surface area contributed by atoms with Crippen LogP contribution in [0.2, 0.25) is 0 Å². The van der Waals surface area contributed by atoms with Crippen molar-refractivity contribution in [1.82, 2.24) is 0 Å². The average Bonchev–Trinajstić information content (AvgIpc) is 3.64. The van der Waals surface area contributed by atoms with Gasteiger partial charge in [-0.3, -0.25) is 37.3 Å². The summed E-state index contributed by atoms with van der Waals surface area (Å²) in [5.41, 5.74) is 0. The second-order valence-electron chi connectivity index (χ2n) is 25.2. The molecule has 0 radical (unpaired) electrons. The molecule has 0 rings (SSSR count). The van der Waals surface area contributed by atoms with E-state index in [1.807, 2.05) is 0 Å². The third-order valence-corrected chi connectivity index (χ3v) is 17.4. The van der Waals surface area contributed by atoms with Crippen molar-refractivity contribution in [1.29, 1.82) is 0 Å². The maximum Gasteiger partial charge on any atom is 0.472 e. The molecule has 0 saturated heterocycles. The zero-order chi connectivity index (χ0) is 63.6. The molecule has 5 atom stereocenters. The maximum atomic E-state index is 13.0. The molecule has 0 saturated carbocycles. The molecule has 2 unspecified atom stereocenters. The number of phosphoric ester groups is 2. The van der Waals surface area contributed by atoms with E-state index >= 15 is 0 Å². The zero-order valence-electron chi connectivity index (χ0n) is 55.6. The Hall–Kier alpha value is -1.94. The Morgan fingerprint density at radius 2 is 0.535 bits per heavy atom. The van der Waals surface area contributed by atoms with Gasteiger partial charge in [-0.2, -0.15) is 0 Å². The summed E-state index contributed by atoms with van der Waals surface area (Å²) < 4.78 is 68.0. The Morgan fingerprint density at radius 1 is 0.314 bits per heavy atom. The van der Waals surface area contributed by atoms with Gasteiger partial charge in [-0.05, 0) is 37.5 Å². The minimum atomic E-state index is -4.95. The van der Waals surface area contributed by atoms with Crippen molar-refractivity contribution >= 4 is 39.5 Å². The Bertz CT molecular complexity index is 1680. The van der Waals surface area contributed by atoms with Gasteiger partial charge in [0.2, 0.25) is 0 Å². The van der Waals surface area contributed by atoms with E-state index in [1.54, 1.807) is 0 Å². The van der Waals surface area contributed by atoms with Crippen molar-refractivity contribution in [2.24, 2.45) is 11.8 Å². The molecule has 0 aromatic heterocycles. The molecule has 0 aromatic rings. The van der Waals surface area contributed by atoms with E-state index in [9.17, 15) is 43.2 Å². The quantitative estimate of drug-likeness (QED) is 0.0222. The van der Waals surface area contributed by atoms with Crippen LogP contribution >= 0.6 is 15.6 Å². The molecule has 0 amide bonds. The lowest BCUT2D eigenvalue weighted by molar-refractivity contribution is -0.161. The molecule has 0 bridgehead atoms. The predicted octanol–water partition coefficient (Wildman–Crippen LogP) is 18.8. The smallest absolute Gasteiger partial charge is 0.462 e. The summed E-state index contributed by atoms with van der Waals surface area (Å²) in [6.45, 7) is 9.45. The van der Waals surface area contributed by atoms with Gasteiger partial charge in [0.25, 0.3) is 0 Å². The van der Waals surface area contributed by atoms with E-state index in [-0.39, 0.29) is 25.7 Å². The van der Waals surface area contributed by atoms with Crippen LogP contribution in [0.1, 0.15) is 337 Å². The maximum absolute atomic E-state index is 13.0. The fourth-order valence-electron chi connectivity index (χ4n) is 10.1. The standard InChI is InChI=1S/C67H130O17P2/c1-7-9-11-13-15-25-32-39-45-51-66(71)83-62(55-77-64(69)49-43-37-31-16-14-12-10-8-2)57-81-85(73,74)79-53-61(68)54-80-86(75,76)82-58-63(56-78-65(70)50-44-38-34-28-30-36-42-48-60(5)6)84-67(72)52-46-40-33-27-24-22-20-18-17-19-21-23-26-29-35-41-47-59(3)4/h59-63,68H,7-58H2,1-6H3,(H,73,74)(H,75,76)/t61-,62+,63+/m0/s1. The molecule has 0 spiro atoms. The van der Waals surface area contributed by atoms with Gasteiger partial charge >= 0.3 is 39.5 Å². The Morgan fingerprint density at radius 3 is 0.791 bits per heavy atom. The molecule has 86 heavy (non-hydrogen) atoms. The largest absolute Gasteiger partial charge is 0.472 e. The topological polar surface area (TPSA) is 237 Å². The molecule has 0 aliphatic heterocycles. The first-order valence-electron chi connectivity index (χ1n) is 35.0. The molecular formula is C67H130O17P2. The van der Waals surface area contributed by atoms with E-state index in [4.69, 9.17) is 37.0 Å². The van der Waals surface area contributed by atoms with Crippen LogP contribution in [0.4, 0.5) is 0 Å². The lowest BCUT2D eigenvalue weighted by Gasteiger charge is -2.21. The Kier molecular flexibility index (Phi) is 58.0. The summed E-state index contributed by atoms with van der Waals surface area (Å²) in [4.78, 5) is 72.2. The van der Waals surface area contributed by atoms with Crippen LogP contribution in [0, 0.1) is 11.8 Å². The average molecular weight is 1270 g/mol. The number of aliphatic hydroxyl groups is 1. The van der Waals surface area contributed by atoms with Crippen molar-refractivity contribution < 1.29 is 80.2 Å². The van der Waals surface area contributed by atoms with Gasteiger partial charge in [0.1, 0.15) is 19.3 Å². The van der Waals surface area contributed by atoms with Crippen LogP contribution < -0.4 is 0 Å². The molecule has 0 aliphatic carbocycles. The molecule has 510 valence electrons. The van der Waals surface area contributed by atoms with Crippen molar-refractivity contribution in [3.8, 4) is 0 Å². The lowest BCUT2D eigenvalue weighted by Crippen LogP contribution is -2.30. The molecular weight excluding hydrogens is 1140 g/mol. The first kappa shape index (κ1) is 84.1. The first-order valence-corrected chi connectivity index (χ1v) is 38.0. The summed E-state index contributed by atoms with van der Waals surface area (Å²) in [5, 5.41) is 10.5. The van der Waals surface area contributed by atoms with Crippen molar-refractivity contribution in [3.63, 3.8) is 0 Å². The molecule has 0 aliphatic rings. The van der Waals surface area contributed by atoms with Crippen LogP contribution in [-0.4, -0.2) is 96.7 Å². The molecule has 0 fully saturated rings. The third-order valence-electron chi connectivity index (χ3n) is 15.5. The van der Waals surface area contributed by atoms with Gasteiger partial charge in [-0.1, -0.05) is 286 Å². The highest BCUT2D eigenvalue weighted by molar-refractivity contribution is 7.47. The molecule has 3 N–H and O–H groups in total. The summed E-state index contributed by atoms with van der Waals surface area (Å²) in [5.74, 6) is -0.619. The fourth-order valence-corrected chi connectivity index (χ4v) is 11.6. The normalized spacial score (nSPS) is 14.2. The number of carbonyl (C=O) groups excluding carboxylic acids is 4. The summed E-state index contributed by atoms with van der Waals surface area (Å²) >= 11 is 0. The van der Waals surface area contributed by atoms with Crippen molar-refractivity contribution in [2.45, 2.75) is 355 Å². The van der Waals surface area contributed by atoms with Gasteiger partial charge in [-0.15, -0.1) is 0 Å². The molecule has 17 nitrogen and oxygen atoms in total. The van der Waals surface area contributed by atoms with E-state index in [0.717, 1.165) is 109 Å². The van der Waals surface area contributed by atoms with Gasteiger partial charge in [0, 0.05) is 25.7 Å². The highest BCUT2D eigenvalue weighted by Gasteiger charge is 2.30. The number of rotatable bonds is 66. The fraction of sp³-hybridized carbons (Fsp3) is 0.940. The minimum absolute atomic E-state index is 0.105. The number of unbranched alkanes of at least 4 members (excludes halogenated alkanes) is 36. The summed E-state index contributed by atoms with van der Waals surface area (Å²) in [6.07, 6.45) is 43.3. The number of aliphatic hydroxyl groups excluding tert-OH is 1. The Balaban J connectivity index is 5.15. The van der Waals surface area contributed by atoms with Gasteiger partial charge in [-0.25, -0.2) is 9.13 Å². The van der Waals surface area contributed by atoms with Crippen LogP contribution in [0.15, 0.2) is 0 Å². The van der Waals surface area contributed by atoms with Crippen molar-refractivity contribution in [2.75, 3.05) is 39.6 Å². The zero-order valence-corrected chi connectivity index (χ0v) is 57.4. The van der Waals surface area contributed by atoms with E-state index < -0.39 is 97.5 Å². The number of esters is 4. The van der Waals surface area contributed by atoms with Gasteiger partial charge in [0.15, 0.2) is 12.2 Å². The molecule has 0 heterocycles. The summed E-state index contributed by atoms with van der Waals surface area (Å²) in [6, 6.07) is 0. The summed E-state index contributed by atoms with van der Waals surface area (Å²) in [7, 11) is -9.89. The van der Waals surface area contributed by atoms with Crippen LogP contribution in [0.3, 0.4) is 0 Å². The Labute approximate surface area is 524 Å². The number of carbonyl (C=O) groups is 4. The van der Waals surface area contributed by atoms with E-state index in [2.05, 4.69) is 41.5 Å². The van der Waals surface area contributed by atoms with Crippen molar-refractivity contribution in [3.05, 3.63) is 0 Å². The highest BCUT2D eigenvalue weighted by Crippen LogP contribution is 2.45. The van der Waals surface area contributed by atoms with Crippen LogP contribution in [-0.2, 0) is 65.4 Å². The second kappa shape index (κ2) is 59.4. The number of phosphoric acid groups is 2. The number of hydrogen-bond donors (Lipinski definition) is 3. The first-order chi connectivity index (χ1) is 41.4. The van der Waals surface area contributed by atoms with Gasteiger partial charge < -0.3 is 33.8 Å². The lowest BCUT2D eigenvalue weighted by atomic mass is 10.0. The van der Waals surface area contributed by atoms with Crippen LogP contribution in [0.25, 0.3) is 0 Å². The molecule has 19 heteroatoms. The monoisotopic (exact) mass is 1270 g/mol. The highest BCUT2D eigenvalue weighted by atomic mass is 31.2. The SMILES string of the molecule is CCCCCCCCCCCC(=O)O[C@H](COC(=O)CCCCCCCCCC)COP(=O)(O)OC[C@H](O)COP(=O)(O)OC[C@@H](COC(=O)CCCCCCCCCC(C)C)OC(=O)CCCCCCCCCCCCCCCCCCC(C)C. The minimum Gasteiger partial charge on any atom is -0.462 e. The van der Waals surface area contributed by atoms with E-state index in [0.29, 0.717) is 31.6 Å². The third kappa shape index (κ3) is 60.9. The van der Waals surface area contributed by atoms with E-state index in [1.165, 1.54) is 141 Å². The molecule has 0 aromatic carbocycles. The number of hydrogen-bond acceptors (Lipinski definition) is 15. The predicted molar refractivity (Wildman–Crippen MR) is 345 cm³/mol.